The summed E-state index contributed by atoms with van der Waals surface area (Å²) >= 11 is 0. The van der Waals surface area contributed by atoms with Gasteiger partial charge >= 0.3 is 0 Å². The Morgan fingerprint density at radius 3 is 2.54 bits per heavy atom. The molecular formula is C19H21N5O2. The lowest BCUT2D eigenvalue weighted by Gasteiger charge is -2.09. The van der Waals surface area contributed by atoms with E-state index in [4.69, 9.17) is 4.74 Å². The minimum absolute atomic E-state index is 0.0538. The topological polar surface area (TPSA) is 81.9 Å². The standard InChI is InChI=1S/C19H21N5O2/c1-2-3-4-15-5-7-16(8-6-15)21-19(25)13-26-18-11-9-17(10-12-18)24-14-20-22-23-24/h5-12,14H,2-4,13H2,1H3,(H,21,25). The molecule has 3 aromatic rings. The lowest BCUT2D eigenvalue weighted by Crippen LogP contribution is -2.20. The van der Waals surface area contributed by atoms with Crippen LogP contribution in [-0.2, 0) is 11.2 Å². The molecule has 0 aliphatic rings. The molecule has 1 amide bonds. The van der Waals surface area contributed by atoms with Crippen LogP contribution in [0.3, 0.4) is 0 Å². The minimum atomic E-state index is -0.198. The van der Waals surface area contributed by atoms with Gasteiger partial charge < -0.3 is 10.1 Å². The highest BCUT2D eigenvalue weighted by Crippen LogP contribution is 2.15. The molecule has 0 bridgehead atoms. The Kier molecular flexibility index (Phi) is 5.92. The Hall–Kier alpha value is -3.22. The molecule has 0 radical (unpaired) electrons. The zero-order valence-corrected chi connectivity index (χ0v) is 14.6. The number of hydrogen-bond donors (Lipinski definition) is 1. The number of benzene rings is 2. The second kappa shape index (κ2) is 8.75. The van der Waals surface area contributed by atoms with E-state index in [9.17, 15) is 4.79 Å². The summed E-state index contributed by atoms with van der Waals surface area (Å²) in [6.45, 7) is 2.12. The molecule has 0 aliphatic heterocycles. The summed E-state index contributed by atoms with van der Waals surface area (Å²) in [5.74, 6) is 0.405. The van der Waals surface area contributed by atoms with Gasteiger partial charge in [0.05, 0.1) is 5.69 Å². The van der Waals surface area contributed by atoms with E-state index in [1.807, 2.05) is 36.4 Å². The van der Waals surface area contributed by atoms with E-state index >= 15 is 0 Å². The van der Waals surface area contributed by atoms with E-state index in [1.165, 1.54) is 24.7 Å². The first-order valence-corrected chi connectivity index (χ1v) is 8.59. The van der Waals surface area contributed by atoms with Crippen LogP contribution in [0.25, 0.3) is 5.69 Å². The number of anilines is 1. The SMILES string of the molecule is CCCCc1ccc(NC(=O)COc2ccc(-n3cnnn3)cc2)cc1. The van der Waals surface area contributed by atoms with E-state index in [0.717, 1.165) is 17.8 Å². The maximum absolute atomic E-state index is 12.0. The molecule has 2 aromatic carbocycles. The maximum atomic E-state index is 12.0. The summed E-state index contributed by atoms with van der Waals surface area (Å²) in [6, 6.07) is 15.1. The van der Waals surface area contributed by atoms with Gasteiger partial charge in [-0.3, -0.25) is 4.79 Å². The van der Waals surface area contributed by atoms with E-state index < -0.39 is 0 Å². The monoisotopic (exact) mass is 351 g/mol. The molecule has 0 saturated carbocycles. The highest BCUT2D eigenvalue weighted by atomic mass is 16.5. The fourth-order valence-corrected chi connectivity index (χ4v) is 2.46. The molecule has 1 heterocycles. The van der Waals surface area contributed by atoms with Gasteiger partial charge in [-0.15, -0.1) is 5.10 Å². The van der Waals surface area contributed by atoms with E-state index in [2.05, 4.69) is 27.8 Å². The predicted molar refractivity (Wildman–Crippen MR) is 98.3 cm³/mol. The molecule has 26 heavy (non-hydrogen) atoms. The van der Waals surface area contributed by atoms with Crippen molar-refractivity contribution in [2.24, 2.45) is 0 Å². The third-order valence-electron chi connectivity index (χ3n) is 3.88. The van der Waals surface area contributed by atoms with E-state index in [0.29, 0.717) is 5.75 Å². The Bertz CT molecular complexity index is 814. The summed E-state index contributed by atoms with van der Waals surface area (Å²) < 4.78 is 7.06. The van der Waals surface area contributed by atoms with Crippen molar-refractivity contribution in [1.29, 1.82) is 0 Å². The van der Waals surface area contributed by atoms with E-state index in [1.54, 1.807) is 16.8 Å². The third-order valence-corrected chi connectivity index (χ3v) is 3.88. The van der Waals surface area contributed by atoms with Gasteiger partial charge in [-0.1, -0.05) is 25.5 Å². The number of nitrogens with one attached hydrogen (secondary N) is 1. The molecule has 7 nitrogen and oxygen atoms in total. The van der Waals surface area contributed by atoms with Crippen LogP contribution in [0.15, 0.2) is 54.9 Å². The second-order valence-corrected chi connectivity index (χ2v) is 5.89. The van der Waals surface area contributed by atoms with Crippen LogP contribution in [0.1, 0.15) is 25.3 Å². The molecule has 0 spiro atoms. The molecule has 0 fully saturated rings. The number of aromatic nitrogens is 4. The molecule has 3 rings (SSSR count). The fraction of sp³-hybridized carbons (Fsp3) is 0.263. The molecule has 134 valence electrons. The first-order valence-electron chi connectivity index (χ1n) is 8.59. The van der Waals surface area contributed by atoms with Crippen molar-refractivity contribution in [2.45, 2.75) is 26.2 Å². The van der Waals surface area contributed by atoms with Crippen LogP contribution >= 0.6 is 0 Å². The molecule has 1 N–H and O–H groups in total. The molecule has 1 aromatic heterocycles. The molecule has 0 saturated heterocycles. The van der Waals surface area contributed by atoms with Gasteiger partial charge in [-0.25, -0.2) is 4.68 Å². The number of rotatable bonds is 8. The Labute approximate surface area is 152 Å². The van der Waals surface area contributed by atoms with Crippen LogP contribution in [0.4, 0.5) is 5.69 Å². The lowest BCUT2D eigenvalue weighted by molar-refractivity contribution is -0.118. The molecular weight excluding hydrogens is 330 g/mol. The summed E-state index contributed by atoms with van der Waals surface area (Å²) in [4.78, 5) is 12.0. The minimum Gasteiger partial charge on any atom is -0.484 e. The van der Waals surface area contributed by atoms with Crippen LogP contribution < -0.4 is 10.1 Å². The van der Waals surface area contributed by atoms with Gasteiger partial charge in [0, 0.05) is 5.69 Å². The van der Waals surface area contributed by atoms with Gasteiger partial charge in [0.2, 0.25) is 0 Å². The lowest BCUT2D eigenvalue weighted by atomic mass is 10.1. The number of hydrogen-bond acceptors (Lipinski definition) is 5. The maximum Gasteiger partial charge on any atom is 0.262 e. The first-order chi connectivity index (χ1) is 12.7. The van der Waals surface area contributed by atoms with Crippen molar-refractivity contribution in [2.75, 3.05) is 11.9 Å². The summed E-state index contributed by atoms with van der Waals surface area (Å²) in [5.41, 5.74) is 2.87. The summed E-state index contributed by atoms with van der Waals surface area (Å²) in [7, 11) is 0. The normalized spacial score (nSPS) is 10.5. The predicted octanol–water partition coefficient (Wildman–Crippen LogP) is 3.02. The number of amides is 1. The number of nitrogens with zero attached hydrogens (tertiary/aromatic N) is 4. The van der Waals surface area contributed by atoms with Crippen LogP contribution in [0.5, 0.6) is 5.75 Å². The van der Waals surface area contributed by atoms with Crippen molar-refractivity contribution in [3.63, 3.8) is 0 Å². The van der Waals surface area contributed by atoms with Crippen molar-refractivity contribution >= 4 is 11.6 Å². The number of unbranched alkanes of at least 4 members (excludes halogenated alkanes) is 1. The zero-order chi connectivity index (χ0) is 18.2. The Morgan fingerprint density at radius 1 is 1.12 bits per heavy atom. The molecule has 0 unspecified atom stereocenters. The van der Waals surface area contributed by atoms with Gasteiger partial charge in [-0.2, -0.15) is 0 Å². The number of carbonyl (C=O) groups excluding carboxylic acids is 1. The van der Waals surface area contributed by atoms with Gasteiger partial charge in [0.1, 0.15) is 12.1 Å². The van der Waals surface area contributed by atoms with Crippen molar-refractivity contribution in [1.82, 2.24) is 20.2 Å². The van der Waals surface area contributed by atoms with Crippen LogP contribution in [0.2, 0.25) is 0 Å². The van der Waals surface area contributed by atoms with Crippen molar-refractivity contribution < 1.29 is 9.53 Å². The highest BCUT2D eigenvalue weighted by Gasteiger charge is 2.05. The Morgan fingerprint density at radius 2 is 1.88 bits per heavy atom. The summed E-state index contributed by atoms with van der Waals surface area (Å²) in [6.07, 6.45) is 4.92. The largest absolute Gasteiger partial charge is 0.484 e. The number of ether oxygens (including phenoxy) is 1. The molecule has 7 heteroatoms. The quantitative estimate of drug-likeness (QED) is 0.674. The van der Waals surface area contributed by atoms with Gasteiger partial charge in [0.25, 0.3) is 5.91 Å². The van der Waals surface area contributed by atoms with Crippen LogP contribution in [-0.4, -0.2) is 32.7 Å². The zero-order valence-electron chi connectivity index (χ0n) is 14.6. The first kappa shape index (κ1) is 17.6. The molecule has 0 aliphatic carbocycles. The number of aryl methyl sites for hydroxylation is 1. The average molecular weight is 351 g/mol. The Balaban J connectivity index is 1.48. The highest BCUT2D eigenvalue weighted by molar-refractivity contribution is 5.91. The van der Waals surface area contributed by atoms with Crippen molar-refractivity contribution in [3.8, 4) is 11.4 Å². The van der Waals surface area contributed by atoms with Gasteiger partial charge in [0.15, 0.2) is 6.61 Å². The number of tetrazole rings is 1. The smallest absolute Gasteiger partial charge is 0.262 e. The average Bonchev–Trinajstić information content (AvgIpc) is 3.21. The molecule has 0 atom stereocenters. The number of carbonyl (C=O) groups is 1. The van der Waals surface area contributed by atoms with Crippen LogP contribution in [0, 0.1) is 0 Å². The second-order valence-electron chi connectivity index (χ2n) is 5.89. The van der Waals surface area contributed by atoms with Crippen molar-refractivity contribution in [3.05, 3.63) is 60.4 Å². The fourth-order valence-electron chi connectivity index (χ4n) is 2.46. The third kappa shape index (κ3) is 4.89. The summed E-state index contributed by atoms with van der Waals surface area (Å²) in [5, 5.41) is 13.8. The van der Waals surface area contributed by atoms with Gasteiger partial charge in [-0.05, 0) is 65.2 Å². The van der Waals surface area contributed by atoms with E-state index in [-0.39, 0.29) is 12.5 Å².